The summed E-state index contributed by atoms with van der Waals surface area (Å²) < 4.78 is 6.09. The van der Waals surface area contributed by atoms with Gasteiger partial charge in [-0.1, -0.05) is 24.3 Å². The molecule has 0 amide bonds. The standard InChI is InChI=1S/C22H18BrN3O2S/c1-15-5-4-6-17(13-15)25-22(29)26-24-14-16-9-11-18(12-10-16)28-21(27)19-7-2-3-8-20(19)23/h2-14H,1H3,(H2,25,26,29)/b24-14-. The smallest absolute Gasteiger partial charge is 0.344 e. The Morgan fingerprint density at radius 2 is 1.83 bits per heavy atom. The number of benzene rings is 3. The van der Waals surface area contributed by atoms with Crippen molar-refractivity contribution < 1.29 is 9.53 Å². The van der Waals surface area contributed by atoms with Crippen molar-refractivity contribution in [2.75, 3.05) is 5.32 Å². The lowest BCUT2D eigenvalue weighted by Crippen LogP contribution is -2.23. The highest BCUT2D eigenvalue weighted by atomic mass is 79.9. The number of rotatable bonds is 5. The Morgan fingerprint density at radius 1 is 1.07 bits per heavy atom. The summed E-state index contributed by atoms with van der Waals surface area (Å²) in [6, 6.07) is 22.0. The van der Waals surface area contributed by atoms with Crippen molar-refractivity contribution in [2.45, 2.75) is 6.92 Å². The molecule has 29 heavy (non-hydrogen) atoms. The number of ether oxygens (including phenoxy) is 1. The molecular weight excluding hydrogens is 450 g/mol. The molecule has 0 aromatic heterocycles. The maximum Gasteiger partial charge on any atom is 0.344 e. The molecule has 0 saturated heterocycles. The minimum Gasteiger partial charge on any atom is -0.423 e. The molecule has 0 heterocycles. The molecular formula is C22H18BrN3O2S. The Balaban J connectivity index is 1.53. The minimum absolute atomic E-state index is 0.394. The van der Waals surface area contributed by atoms with E-state index in [0.717, 1.165) is 16.8 Å². The second kappa shape index (κ2) is 9.95. The Labute approximate surface area is 182 Å². The molecule has 0 fully saturated rings. The van der Waals surface area contributed by atoms with Crippen molar-refractivity contribution >= 4 is 51.1 Å². The van der Waals surface area contributed by atoms with Crippen LogP contribution in [0.2, 0.25) is 0 Å². The number of halogens is 1. The van der Waals surface area contributed by atoms with Crippen molar-refractivity contribution in [1.82, 2.24) is 5.43 Å². The molecule has 3 rings (SSSR count). The number of carbonyl (C=O) groups is 1. The lowest BCUT2D eigenvalue weighted by Gasteiger charge is -2.07. The minimum atomic E-state index is -0.423. The lowest BCUT2D eigenvalue weighted by atomic mass is 10.2. The highest BCUT2D eigenvalue weighted by molar-refractivity contribution is 9.10. The molecule has 3 aromatic rings. The van der Waals surface area contributed by atoms with Crippen LogP contribution in [0, 0.1) is 6.92 Å². The molecule has 0 spiro atoms. The molecule has 0 aliphatic heterocycles. The van der Waals surface area contributed by atoms with E-state index in [0.29, 0.717) is 20.9 Å². The van der Waals surface area contributed by atoms with Crippen molar-refractivity contribution in [3.8, 4) is 5.75 Å². The average Bonchev–Trinajstić information content (AvgIpc) is 2.69. The Kier molecular flexibility index (Phi) is 7.10. The first kappa shape index (κ1) is 20.7. The first-order chi connectivity index (χ1) is 14.0. The monoisotopic (exact) mass is 467 g/mol. The van der Waals surface area contributed by atoms with E-state index in [4.69, 9.17) is 17.0 Å². The van der Waals surface area contributed by atoms with Gasteiger partial charge in [-0.3, -0.25) is 5.43 Å². The number of thiocarbonyl (C=S) groups is 1. The summed E-state index contributed by atoms with van der Waals surface area (Å²) in [5.74, 6) is 0.0284. The van der Waals surface area contributed by atoms with Crippen LogP contribution < -0.4 is 15.5 Å². The van der Waals surface area contributed by atoms with Gasteiger partial charge < -0.3 is 10.1 Å². The summed E-state index contributed by atoms with van der Waals surface area (Å²) in [4.78, 5) is 12.2. The van der Waals surface area contributed by atoms with Gasteiger partial charge in [-0.25, -0.2) is 4.79 Å². The predicted molar refractivity (Wildman–Crippen MR) is 124 cm³/mol. The van der Waals surface area contributed by atoms with E-state index in [-0.39, 0.29) is 0 Å². The molecule has 146 valence electrons. The number of hydrogen-bond donors (Lipinski definition) is 2. The van der Waals surface area contributed by atoms with Gasteiger partial charge in [0, 0.05) is 10.2 Å². The summed E-state index contributed by atoms with van der Waals surface area (Å²) in [6.07, 6.45) is 1.63. The van der Waals surface area contributed by atoms with Crippen LogP contribution in [0.1, 0.15) is 21.5 Å². The van der Waals surface area contributed by atoms with Crippen molar-refractivity contribution in [3.05, 3.63) is 94.0 Å². The number of aryl methyl sites for hydroxylation is 1. The van der Waals surface area contributed by atoms with Crippen LogP contribution in [0.15, 0.2) is 82.4 Å². The number of hydrazone groups is 1. The van der Waals surface area contributed by atoms with E-state index >= 15 is 0 Å². The van der Waals surface area contributed by atoms with Gasteiger partial charge in [0.25, 0.3) is 0 Å². The molecule has 0 atom stereocenters. The van der Waals surface area contributed by atoms with E-state index in [1.807, 2.05) is 37.3 Å². The normalized spacial score (nSPS) is 10.6. The number of hydrogen-bond acceptors (Lipinski definition) is 4. The zero-order valence-electron chi connectivity index (χ0n) is 15.6. The fourth-order valence-corrected chi connectivity index (χ4v) is 3.08. The van der Waals surface area contributed by atoms with Crippen LogP contribution in [0.25, 0.3) is 0 Å². The third kappa shape index (κ3) is 6.23. The number of nitrogens with one attached hydrogen (secondary N) is 2. The number of carbonyl (C=O) groups excluding carboxylic acids is 1. The number of anilines is 1. The Bertz CT molecular complexity index is 1050. The highest BCUT2D eigenvalue weighted by Gasteiger charge is 2.11. The van der Waals surface area contributed by atoms with Gasteiger partial charge in [-0.2, -0.15) is 5.10 Å². The molecule has 5 nitrogen and oxygen atoms in total. The van der Waals surface area contributed by atoms with Crippen LogP contribution in [-0.2, 0) is 0 Å². The summed E-state index contributed by atoms with van der Waals surface area (Å²) in [5, 5.41) is 7.58. The first-order valence-electron chi connectivity index (χ1n) is 8.75. The van der Waals surface area contributed by atoms with E-state index in [9.17, 15) is 4.79 Å². The van der Waals surface area contributed by atoms with Gasteiger partial charge in [0.15, 0.2) is 5.11 Å². The van der Waals surface area contributed by atoms with Crippen molar-refractivity contribution in [2.24, 2.45) is 5.10 Å². The van der Waals surface area contributed by atoms with Gasteiger partial charge in [0.1, 0.15) is 5.75 Å². The Morgan fingerprint density at radius 3 is 2.55 bits per heavy atom. The van der Waals surface area contributed by atoms with Gasteiger partial charge in [-0.05, 0) is 94.7 Å². The average molecular weight is 468 g/mol. The molecule has 3 aromatic carbocycles. The molecule has 2 N–H and O–H groups in total. The maximum absolute atomic E-state index is 12.2. The Hall–Kier alpha value is -3.03. The number of nitrogens with zero attached hydrogens (tertiary/aromatic N) is 1. The molecule has 0 saturated carbocycles. The molecule has 0 radical (unpaired) electrons. The van der Waals surface area contributed by atoms with Crippen LogP contribution in [-0.4, -0.2) is 17.3 Å². The van der Waals surface area contributed by atoms with Gasteiger partial charge in [-0.15, -0.1) is 0 Å². The lowest BCUT2D eigenvalue weighted by molar-refractivity contribution is 0.0734. The zero-order chi connectivity index (χ0) is 20.6. The van der Waals surface area contributed by atoms with Gasteiger partial charge in [0.05, 0.1) is 11.8 Å². The van der Waals surface area contributed by atoms with Crippen LogP contribution in [0.4, 0.5) is 5.69 Å². The molecule has 7 heteroatoms. The largest absolute Gasteiger partial charge is 0.423 e. The second-order valence-corrected chi connectivity index (χ2v) is 7.39. The molecule has 0 aliphatic carbocycles. The quantitative estimate of drug-likeness (QED) is 0.175. The molecule has 0 bridgehead atoms. The fraction of sp³-hybridized carbons (Fsp3) is 0.0455. The molecule has 0 unspecified atom stereocenters. The SMILES string of the molecule is Cc1cccc(NC(=S)N/N=C\c2ccc(OC(=O)c3ccccc3Br)cc2)c1. The van der Waals surface area contributed by atoms with Gasteiger partial charge >= 0.3 is 5.97 Å². The van der Waals surface area contributed by atoms with E-state index in [1.165, 1.54) is 0 Å². The maximum atomic E-state index is 12.2. The van der Waals surface area contributed by atoms with Crippen molar-refractivity contribution in [1.29, 1.82) is 0 Å². The fourth-order valence-electron chi connectivity index (χ4n) is 2.46. The summed E-state index contributed by atoms with van der Waals surface area (Å²) in [5.41, 5.74) is 6.11. The third-order valence-electron chi connectivity index (χ3n) is 3.84. The van der Waals surface area contributed by atoms with Crippen LogP contribution in [0.5, 0.6) is 5.75 Å². The topological polar surface area (TPSA) is 62.7 Å². The number of esters is 1. The summed E-state index contributed by atoms with van der Waals surface area (Å²) in [6.45, 7) is 2.01. The predicted octanol–water partition coefficient (Wildman–Crippen LogP) is 5.30. The second-order valence-electron chi connectivity index (χ2n) is 6.13. The summed E-state index contributed by atoms with van der Waals surface area (Å²) >= 11 is 8.57. The van der Waals surface area contributed by atoms with E-state index in [2.05, 4.69) is 31.8 Å². The van der Waals surface area contributed by atoms with Crippen LogP contribution in [0.3, 0.4) is 0 Å². The van der Waals surface area contributed by atoms with Gasteiger partial charge in [0.2, 0.25) is 0 Å². The highest BCUT2D eigenvalue weighted by Crippen LogP contribution is 2.19. The van der Waals surface area contributed by atoms with E-state index in [1.54, 1.807) is 48.7 Å². The van der Waals surface area contributed by atoms with Crippen molar-refractivity contribution in [3.63, 3.8) is 0 Å². The molecule has 0 aliphatic rings. The van der Waals surface area contributed by atoms with Crippen LogP contribution >= 0.6 is 28.1 Å². The van der Waals surface area contributed by atoms with E-state index < -0.39 is 5.97 Å². The first-order valence-corrected chi connectivity index (χ1v) is 9.95. The third-order valence-corrected chi connectivity index (χ3v) is 4.72. The summed E-state index contributed by atoms with van der Waals surface area (Å²) in [7, 11) is 0. The zero-order valence-corrected chi connectivity index (χ0v) is 18.0.